The van der Waals surface area contributed by atoms with Gasteiger partial charge < -0.3 is 10.0 Å². The third kappa shape index (κ3) is 4.80. The predicted octanol–water partition coefficient (Wildman–Crippen LogP) is 3.72. The Kier molecular flexibility index (Phi) is 6.50. The minimum atomic E-state index is -0.877. The number of halogens is 1. The first kappa shape index (κ1) is 20.1. The molecule has 1 atom stereocenters. The molecular formula is C21H23ClN4O2. The Labute approximate surface area is 169 Å². The van der Waals surface area contributed by atoms with Crippen LogP contribution in [0.3, 0.4) is 0 Å². The van der Waals surface area contributed by atoms with E-state index in [1.807, 2.05) is 11.0 Å². The summed E-state index contributed by atoms with van der Waals surface area (Å²) < 4.78 is 1.61. The van der Waals surface area contributed by atoms with Gasteiger partial charge in [-0.1, -0.05) is 24.2 Å². The first-order chi connectivity index (χ1) is 13.5. The zero-order valence-corrected chi connectivity index (χ0v) is 16.4. The maximum Gasteiger partial charge on any atom is 0.244 e. The van der Waals surface area contributed by atoms with Crippen molar-refractivity contribution in [2.45, 2.75) is 38.3 Å². The molecule has 146 valence electrons. The Balaban J connectivity index is 1.80. The van der Waals surface area contributed by atoms with Gasteiger partial charge in [0.1, 0.15) is 6.54 Å². The minimum absolute atomic E-state index is 0.0611. The lowest BCUT2D eigenvalue weighted by Gasteiger charge is -2.26. The third-order valence-electron chi connectivity index (χ3n) is 4.92. The van der Waals surface area contributed by atoms with Crippen molar-refractivity contribution in [3.8, 4) is 17.2 Å². The summed E-state index contributed by atoms with van der Waals surface area (Å²) in [6.07, 6.45) is 5.98. The Morgan fingerprint density at radius 1 is 1.36 bits per heavy atom. The van der Waals surface area contributed by atoms with Gasteiger partial charge in [-0.05, 0) is 42.5 Å². The number of rotatable bonds is 6. The SMILES string of the molecule is C=C(C#N)C[C@H](O)c1ccc(Cl)cc1-c1cnn(CC(=O)N2CCCCC2)c1. The third-order valence-corrected chi connectivity index (χ3v) is 5.16. The fraction of sp³-hybridized carbons (Fsp3) is 0.381. The van der Waals surface area contributed by atoms with Gasteiger partial charge in [0.25, 0.3) is 0 Å². The molecule has 1 aromatic carbocycles. The molecule has 0 spiro atoms. The quantitative estimate of drug-likeness (QED) is 0.752. The number of aliphatic hydroxyl groups is 1. The van der Waals surface area contributed by atoms with E-state index in [0.717, 1.165) is 37.1 Å². The van der Waals surface area contributed by atoms with Crippen LogP contribution in [0.2, 0.25) is 5.02 Å². The maximum absolute atomic E-state index is 12.5. The monoisotopic (exact) mass is 398 g/mol. The molecule has 0 aliphatic carbocycles. The minimum Gasteiger partial charge on any atom is -0.388 e. The van der Waals surface area contributed by atoms with E-state index >= 15 is 0 Å². The number of piperidine rings is 1. The van der Waals surface area contributed by atoms with Gasteiger partial charge in [-0.25, -0.2) is 0 Å². The van der Waals surface area contributed by atoms with Crippen LogP contribution >= 0.6 is 11.6 Å². The molecule has 28 heavy (non-hydrogen) atoms. The molecule has 1 aliphatic heterocycles. The number of hydrogen-bond donors (Lipinski definition) is 1. The summed E-state index contributed by atoms with van der Waals surface area (Å²) in [6.45, 7) is 5.43. The van der Waals surface area contributed by atoms with Crippen LogP contribution in [0.4, 0.5) is 0 Å². The van der Waals surface area contributed by atoms with E-state index in [4.69, 9.17) is 16.9 Å². The van der Waals surface area contributed by atoms with Crippen molar-refractivity contribution in [2.24, 2.45) is 0 Å². The van der Waals surface area contributed by atoms with Crippen molar-refractivity contribution >= 4 is 17.5 Å². The van der Waals surface area contributed by atoms with Gasteiger partial charge in [-0.15, -0.1) is 0 Å². The highest BCUT2D eigenvalue weighted by Gasteiger charge is 2.19. The molecule has 1 aromatic heterocycles. The van der Waals surface area contributed by atoms with Crippen LogP contribution in [0.15, 0.2) is 42.7 Å². The van der Waals surface area contributed by atoms with Crippen LogP contribution in [0.5, 0.6) is 0 Å². The van der Waals surface area contributed by atoms with Gasteiger partial charge >= 0.3 is 0 Å². The summed E-state index contributed by atoms with van der Waals surface area (Å²) in [7, 11) is 0. The highest BCUT2D eigenvalue weighted by atomic mass is 35.5. The Morgan fingerprint density at radius 3 is 2.82 bits per heavy atom. The van der Waals surface area contributed by atoms with Gasteiger partial charge in [-0.2, -0.15) is 10.4 Å². The molecule has 6 nitrogen and oxygen atoms in total. The number of carbonyl (C=O) groups excluding carboxylic acids is 1. The van der Waals surface area contributed by atoms with Crippen LogP contribution in [0.1, 0.15) is 37.4 Å². The molecule has 1 saturated heterocycles. The van der Waals surface area contributed by atoms with Crippen molar-refractivity contribution in [3.63, 3.8) is 0 Å². The second-order valence-corrected chi connectivity index (χ2v) is 7.47. The standard InChI is InChI=1S/C21H23ClN4O2/c1-15(11-23)9-20(27)18-6-5-17(22)10-19(18)16-12-24-26(13-16)14-21(28)25-7-3-2-4-8-25/h5-6,10,12-13,20,27H,1-4,7-9,14H2/t20-/m0/s1. The van der Waals surface area contributed by atoms with Crippen LogP contribution < -0.4 is 0 Å². The molecule has 7 heteroatoms. The second kappa shape index (κ2) is 9.05. The number of carbonyl (C=O) groups is 1. The summed E-state index contributed by atoms with van der Waals surface area (Å²) in [5, 5.41) is 24.3. The van der Waals surface area contributed by atoms with E-state index in [2.05, 4.69) is 11.7 Å². The van der Waals surface area contributed by atoms with Gasteiger partial charge in [0, 0.05) is 41.9 Å². The molecular weight excluding hydrogens is 376 g/mol. The topological polar surface area (TPSA) is 82.1 Å². The lowest BCUT2D eigenvalue weighted by molar-refractivity contribution is -0.132. The van der Waals surface area contributed by atoms with Crippen LogP contribution in [0, 0.1) is 11.3 Å². The molecule has 1 N–H and O–H groups in total. The molecule has 0 saturated carbocycles. The zero-order valence-electron chi connectivity index (χ0n) is 15.6. The Hall–Kier alpha value is -2.62. The number of amides is 1. The summed E-state index contributed by atoms with van der Waals surface area (Å²) in [5.41, 5.74) is 2.42. The summed E-state index contributed by atoms with van der Waals surface area (Å²) in [6, 6.07) is 7.14. The number of aliphatic hydroxyl groups excluding tert-OH is 1. The van der Waals surface area contributed by atoms with Crippen molar-refractivity contribution in [2.75, 3.05) is 13.1 Å². The van der Waals surface area contributed by atoms with Gasteiger partial charge in [-0.3, -0.25) is 9.48 Å². The lowest BCUT2D eigenvalue weighted by atomic mass is 9.95. The van der Waals surface area contributed by atoms with E-state index in [1.54, 1.807) is 35.3 Å². The normalized spacial score (nSPS) is 15.1. The molecule has 1 aliphatic rings. The first-order valence-electron chi connectivity index (χ1n) is 9.34. The largest absolute Gasteiger partial charge is 0.388 e. The van der Waals surface area contributed by atoms with Gasteiger partial charge in [0.05, 0.1) is 18.4 Å². The van der Waals surface area contributed by atoms with Crippen LogP contribution in [-0.4, -0.2) is 38.8 Å². The van der Waals surface area contributed by atoms with E-state index in [0.29, 0.717) is 16.2 Å². The number of nitrogens with zero attached hydrogens (tertiary/aromatic N) is 4. The molecule has 0 unspecified atom stereocenters. The van der Waals surface area contributed by atoms with Crippen LogP contribution in [-0.2, 0) is 11.3 Å². The first-order valence-corrected chi connectivity index (χ1v) is 9.71. The Bertz CT molecular complexity index is 909. The average molecular weight is 399 g/mol. The molecule has 0 bridgehead atoms. The Morgan fingerprint density at radius 2 is 2.11 bits per heavy atom. The summed E-state index contributed by atoms with van der Waals surface area (Å²) in [5.74, 6) is 0.0611. The molecule has 2 heterocycles. The highest BCUT2D eigenvalue weighted by Crippen LogP contribution is 2.33. The second-order valence-electron chi connectivity index (χ2n) is 7.03. The van der Waals surface area contributed by atoms with Crippen molar-refractivity contribution in [1.29, 1.82) is 5.26 Å². The number of hydrogen-bond acceptors (Lipinski definition) is 4. The summed E-state index contributed by atoms with van der Waals surface area (Å²) >= 11 is 6.16. The predicted molar refractivity (Wildman–Crippen MR) is 107 cm³/mol. The van der Waals surface area contributed by atoms with E-state index in [-0.39, 0.29) is 18.9 Å². The van der Waals surface area contributed by atoms with E-state index in [1.165, 1.54) is 6.42 Å². The molecule has 2 aromatic rings. The zero-order chi connectivity index (χ0) is 20.1. The van der Waals surface area contributed by atoms with Crippen molar-refractivity contribution < 1.29 is 9.90 Å². The number of likely N-dealkylation sites (tertiary alicyclic amines) is 1. The maximum atomic E-state index is 12.5. The number of aromatic nitrogens is 2. The molecule has 3 rings (SSSR count). The van der Waals surface area contributed by atoms with E-state index < -0.39 is 6.10 Å². The molecule has 1 fully saturated rings. The molecule has 0 radical (unpaired) electrons. The van der Waals surface area contributed by atoms with Crippen molar-refractivity contribution in [1.82, 2.24) is 14.7 Å². The van der Waals surface area contributed by atoms with Crippen LogP contribution in [0.25, 0.3) is 11.1 Å². The highest BCUT2D eigenvalue weighted by molar-refractivity contribution is 6.30. The smallest absolute Gasteiger partial charge is 0.244 e. The fourth-order valence-electron chi connectivity index (χ4n) is 3.43. The van der Waals surface area contributed by atoms with Crippen molar-refractivity contribution in [3.05, 3.63) is 53.3 Å². The summed E-state index contributed by atoms with van der Waals surface area (Å²) in [4.78, 5) is 14.3. The molecule has 1 amide bonds. The van der Waals surface area contributed by atoms with E-state index in [9.17, 15) is 9.90 Å². The number of benzene rings is 1. The van der Waals surface area contributed by atoms with Gasteiger partial charge in [0.2, 0.25) is 5.91 Å². The number of nitriles is 1. The van der Waals surface area contributed by atoms with Gasteiger partial charge in [0.15, 0.2) is 0 Å². The lowest BCUT2D eigenvalue weighted by Crippen LogP contribution is -2.37. The average Bonchev–Trinajstić information content (AvgIpc) is 3.16. The fourth-order valence-corrected chi connectivity index (χ4v) is 3.60.